The second-order valence-corrected chi connectivity index (χ2v) is 5.27. The van der Waals surface area contributed by atoms with E-state index in [2.05, 4.69) is 0 Å². The van der Waals surface area contributed by atoms with Crippen LogP contribution in [0.3, 0.4) is 0 Å². The van der Waals surface area contributed by atoms with Gasteiger partial charge in [-0.3, -0.25) is 24.5 Å². The van der Waals surface area contributed by atoms with Crippen molar-refractivity contribution in [1.29, 1.82) is 0 Å². The Hall–Kier alpha value is -3.49. The number of nitro groups is 1. The lowest BCUT2D eigenvalue weighted by molar-refractivity contribution is -0.385. The fourth-order valence-electron chi connectivity index (χ4n) is 2.35. The molecule has 1 atom stereocenters. The number of ether oxygens (including phenoxy) is 3. The van der Waals surface area contributed by atoms with E-state index in [0.717, 1.165) is 24.3 Å². The zero-order valence-corrected chi connectivity index (χ0v) is 14.2. The summed E-state index contributed by atoms with van der Waals surface area (Å²) >= 11 is 0. The lowest BCUT2D eigenvalue weighted by Crippen LogP contribution is -2.34. The first kappa shape index (κ1) is 18.8. The van der Waals surface area contributed by atoms with E-state index in [1.165, 1.54) is 27.2 Å². The van der Waals surface area contributed by atoms with Gasteiger partial charge < -0.3 is 14.2 Å². The minimum Gasteiger partial charge on any atom is -0.493 e. The zero-order valence-electron chi connectivity index (χ0n) is 14.2. The summed E-state index contributed by atoms with van der Waals surface area (Å²) in [6, 6.07) is 2.46. The van der Waals surface area contributed by atoms with Crippen molar-refractivity contribution < 1.29 is 33.5 Å². The number of methoxy groups -OCH3 is 2. The van der Waals surface area contributed by atoms with Crippen LogP contribution in [0.4, 0.5) is 5.69 Å². The van der Waals surface area contributed by atoms with Gasteiger partial charge in [-0.05, 0) is 25.1 Å². The molecule has 0 amide bonds. The molecule has 0 radical (unpaired) electrons. The minimum atomic E-state index is -1.62. The third kappa shape index (κ3) is 3.77. The molecule has 0 bridgehead atoms. The van der Waals surface area contributed by atoms with Crippen LogP contribution < -0.4 is 9.47 Å². The molecule has 0 aliphatic carbocycles. The molecule has 1 aromatic carbocycles. The van der Waals surface area contributed by atoms with Crippen molar-refractivity contribution in [2.24, 2.45) is 5.92 Å². The number of rotatable bonds is 6. The fraction of sp³-hybridized carbons (Fsp3) is 0.235. The molecule has 2 rings (SSSR count). The molecule has 1 aliphatic rings. The number of carbonyl (C=O) groups excluding carboxylic acids is 3. The van der Waals surface area contributed by atoms with Gasteiger partial charge in [0.25, 0.3) is 5.69 Å². The summed E-state index contributed by atoms with van der Waals surface area (Å²) in [7, 11) is 2.68. The van der Waals surface area contributed by atoms with Crippen LogP contribution in [-0.2, 0) is 19.1 Å². The van der Waals surface area contributed by atoms with Crippen LogP contribution in [0, 0.1) is 16.0 Å². The number of esters is 1. The van der Waals surface area contributed by atoms with Gasteiger partial charge in [-0.1, -0.05) is 0 Å². The van der Waals surface area contributed by atoms with Crippen LogP contribution in [0.15, 0.2) is 30.0 Å². The summed E-state index contributed by atoms with van der Waals surface area (Å²) < 4.78 is 14.9. The monoisotopic (exact) mass is 361 g/mol. The number of carbonyl (C=O) groups is 3. The molecule has 1 heterocycles. The SMILES string of the molecule is COc1cc(/C=C/C(=O)C2C(=O)C=C(C)OC2=O)c([N+](=O)[O-])cc1OC. The average Bonchev–Trinajstić information content (AvgIpc) is 2.57. The highest BCUT2D eigenvalue weighted by Gasteiger charge is 2.36. The van der Waals surface area contributed by atoms with Gasteiger partial charge in [-0.2, -0.15) is 0 Å². The van der Waals surface area contributed by atoms with Crippen molar-refractivity contribution in [2.75, 3.05) is 14.2 Å². The summed E-state index contributed by atoms with van der Waals surface area (Å²) in [5.41, 5.74) is -0.288. The molecule has 1 aliphatic heterocycles. The largest absolute Gasteiger partial charge is 0.493 e. The van der Waals surface area contributed by atoms with Gasteiger partial charge in [0.2, 0.25) is 0 Å². The van der Waals surface area contributed by atoms with Crippen molar-refractivity contribution in [2.45, 2.75) is 6.92 Å². The fourth-order valence-corrected chi connectivity index (χ4v) is 2.35. The molecular formula is C17H15NO8. The Kier molecular flexibility index (Phi) is 5.51. The maximum Gasteiger partial charge on any atom is 0.329 e. The first-order valence-electron chi connectivity index (χ1n) is 7.34. The second kappa shape index (κ2) is 7.60. The Morgan fingerprint density at radius 3 is 2.38 bits per heavy atom. The predicted molar refractivity (Wildman–Crippen MR) is 88.6 cm³/mol. The lowest BCUT2D eigenvalue weighted by atomic mass is 9.95. The number of benzene rings is 1. The maximum absolute atomic E-state index is 12.2. The van der Waals surface area contributed by atoms with Gasteiger partial charge in [0, 0.05) is 6.08 Å². The summed E-state index contributed by atoms with van der Waals surface area (Å²) in [6.45, 7) is 1.42. The molecule has 1 unspecified atom stereocenters. The Bertz CT molecular complexity index is 853. The molecule has 26 heavy (non-hydrogen) atoms. The molecular weight excluding hydrogens is 346 g/mol. The van der Waals surface area contributed by atoms with Crippen LogP contribution in [0.25, 0.3) is 6.08 Å². The normalized spacial score (nSPS) is 16.9. The van der Waals surface area contributed by atoms with Gasteiger partial charge in [-0.25, -0.2) is 0 Å². The van der Waals surface area contributed by atoms with Crippen molar-refractivity contribution in [3.63, 3.8) is 0 Å². The molecule has 1 aromatic rings. The van der Waals surface area contributed by atoms with E-state index in [4.69, 9.17) is 14.2 Å². The number of hydrogen-bond acceptors (Lipinski definition) is 8. The minimum absolute atomic E-state index is 0.0457. The molecule has 0 fully saturated rings. The molecule has 9 nitrogen and oxygen atoms in total. The topological polar surface area (TPSA) is 122 Å². The third-order valence-corrected chi connectivity index (χ3v) is 3.57. The predicted octanol–water partition coefficient (Wildman–Crippen LogP) is 1.84. The summed E-state index contributed by atoms with van der Waals surface area (Å²) in [4.78, 5) is 46.4. The summed E-state index contributed by atoms with van der Waals surface area (Å²) in [5, 5.41) is 11.2. The number of ketones is 2. The highest BCUT2D eigenvalue weighted by atomic mass is 16.6. The molecule has 0 aromatic heterocycles. The Balaban J connectivity index is 2.38. The zero-order chi connectivity index (χ0) is 19.4. The van der Waals surface area contributed by atoms with E-state index in [0.29, 0.717) is 0 Å². The number of nitrogens with zero attached hydrogens (tertiary/aromatic N) is 1. The van der Waals surface area contributed by atoms with Gasteiger partial charge >= 0.3 is 5.97 Å². The quantitative estimate of drug-likeness (QED) is 0.247. The molecule has 0 saturated carbocycles. The molecule has 0 N–H and O–H groups in total. The lowest BCUT2D eigenvalue weighted by Gasteiger charge is -2.15. The van der Waals surface area contributed by atoms with Crippen LogP contribution >= 0.6 is 0 Å². The van der Waals surface area contributed by atoms with Crippen molar-refractivity contribution in [3.8, 4) is 11.5 Å². The number of allylic oxidation sites excluding steroid dienone is 3. The Morgan fingerprint density at radius 2 is 1.85 bits per heavy atom. The maximum atomic E-state index is 12.2. The first-order valence-corrected chi connectivity index (χ1v) is 7.34. The summed E-state index contributed by atoms with van der Waals surface area (Å²) in [6.07, 6.45) is 3.11. The van der Waals surface area contributed by atoms with E-state index >= 15 is 0 Å². The Morgan fingerprint density at radius 1 is 1.23 bits per heavy atom. The molecule has 136 valence electrons. The molecule has 0 saturated heterocycles. The van der Waals surface area contributed by atoms with E-state index in [-0.39, 0.29) is 28.5 Å². The van der Waals surface area contributed by atoms with E-state index < -0.39 is 28.4 Å². The highest BCUT2D eigenvalue weighted by molar-refractivity contribution is 6.25. The Labute approximate surface area is 148 Å². The van der Waals surface area contributed by atoms with Crippen molar-refractivity contribution in [1.82, 2.24) is 0 Å². The van der Waals surface area contributed by atoms with E-state index in [1.807, 2.05) is 0 Å². The van der Waals surface area contributed by atoms with Gasteiger partial charge in [0.05, 0.1) is 30.8 Å². The third-order valence-electron chi connectivity index (χ3n) is 3.57. The second-order valence-electron chi connectivity index (χ2n) is 5.27. The molecule has 9 heteroatoms. The average molecular weight is 361 g/mol. The van der Waals surface area contributed by atoms with E-state index in [9.17, 15) is 24.5 Å². The van der Waals surface area contributed by atoms with Crippen LogP contribution in [0.5, 0.6) is 11.5 Å². The van der Waals surface area contributed by atoms with Gasteiger partial charge in [0.15, 0.2) is 29.0 Å². The van der Waals surface area contributed by atoms with Crippen molar-refractivity contribution in [3.05, 3.63) is 45.7 Å². The van der Waals surface area contributed by atoms with E-state index in [1.54, 1.807) is 0 Å². The standard InChI is InChI=1S/C17H15NO8/c1-9-6-13(20)16(17(21)26-9)12(19)5-4-10-7-14(24-2)15(25-3)8-11(10)18(22)23/h4-8,16H,1-3H3/b5-4+. The van der Waals surface area contributed by atoms with Crippen LogP contribution in [0.1, 0.15) is 12.5 Å². The number of nitro benzene ring substituents is 1. The smallest absolute Gasteiger partial charge is 0.329 e. The van der Waals surface area contributed by atoms with Gasteiger partial charge in [0.1, 0.15) is 5.76 Å². The highest BCUT2D eigenvalue weighted by Crippen LogP contribution is 2.35. The number of cyclic esters (lactones) is 1. The molecule has 0 spiro atoms. The van der Waals surface area contributed by atoms with Gasteiger partial charge in [-0.15, -0.1) is 0 Å². The van der Waals surface area contributed by atoms with Crippen molar-refractivity contribution >= 4 is 29.3 Å². The number of hydrogen-bond donors (Lipinski definition) is 0. The van der Waals surface area contributed by atoms with Crippen LogP contribution in [0.2, 0.25) is 0 Å². The summed E-state index contributed by atoms with van der Waals surface area (Å²) in [5.74, 6) is -3.67. The van der Waals surface area contributed by atoms with Crippen LogP contribution in [-0.4, -0.2) is 36.7 Å². The first-order chi connectivity index (χ1) is 12.3.